The van der Waals surface area contributed by atoms with Crippen LogP contribution >= 0.6 is 24.8 Å². The maximum atomic E-state index is 12.3. The van der Waals surface area contributed by atoms with Crippen LogP contribution in [-0.4, -0.2) is 42.5 Å². The second-order valence-electron chi connectivity index (χ2n) is 6.60. The van der Waals surface area contributed by atoms with Gasteiger partial charge in [0.15, 0.2) is 0 Å². The van der Waals surface area contributed by atoms with Gasteiger partial charge in [0.1, 0.15) is 0 Å². The molecule has 2 aliphatic rings. The number of rotatable bonds is 4. The molecule has 3 atom stereocenters. The van der Waals surface area contributed by atoms with E-state index in [9.17, 15) is 4.79 Å². The van der Waals surface area contributed by atoms with Crippen LogP contribution in [0.1, 0.15) is 46.0 Å². The standard InChI is InChI=1S/C15H29N3O.2ClH/c1-3-18-9-7-12(11-18)10-17-14(19)13-6-4-5-8-15(13,2)16;;/h12-13H,3-11,16H2,1-2H3,(H,17,19);2*1H. The van der Waals surface area contributed by atoms with Crippen LogP contribution in [0, 0.1) is 11.8 Å². The highest BCUT2D eigenvalue weighted by Gasteiger charge is 2.37. The third kappa shape index (κ3) is 5.59. The van der Waals surface area contributed by atoms with E-state index in [1.54, 1.807) is 0 Å². The van der Waals surface area contributed by atoms with E-state index in [2.05, 4.69) is 17.1 Å². The number of hydrogen-bond acceptors (Lipinski definition) is 3. The molecule has 0 radical (unpaired) electrons. The van der Waals surface area contributed by atoms with E-state index in [1.807, 2.05) is 6.92 Å². The number of hydrogen-bond donors (Lipinski definition) is 2. The van der Waals surface area contributed by atoms with Crippen LogP contribution in [0.4, 0.5) is 0 Å². The summed E-state index contributed by atoms with van der Waals surface area (Å²) in [5, 5.41) is 3.15. The molecule has 1 saturated carbocycles. The number of carbonyl (C=O) groups excluding carboxylic acids is 1. The Morgan fingerprint density at radius 1 is 1.33 bits per heavy atom. The Kier molecular flexibility index (Phi) is 9.17. The quantitative estimate of drug-likeness (QED) is 0.825. The molecule has 21 heavy (non-hydrogen) atoms. The first-order valence-electron chi connectivity index (χ1n) is 7.82. The van der Waals surface area contributed by atoms with Gasteiger partial charge in [-0.1, -0.05) is 19.8 Å². The summed E-state index contributed by atoms with van der Waals surface area (Å²) < 4.78 is 0. The van der Waals surface area contributed by atoms with Crippen molar-refractivity contribution < 1.29 is 4.79 Å². The van der Waals surface area contributed by atoms with E-state index < -0.39 is 0 Å². The Morgan fingerprint density at radius 3 is 2.62 bits per heavy atom. The maximum absolute atomic E-state index is 12.3. The molecule has 0 spiro atoms. The van der Waals surface area contributed by atoms with E-state index >= 15 is 0 Å². The smallest absolute Gasteiger partial charge is 0.224 e. The van der Waals surface area contributed by atoms with Crippen molar-refractivity contribution in [2.75, 3.05) is 26.2 Å². The summed E-state index contributed by atoms with van der Waals surface area (Å²) in [6.45, 7) is 8.47. The van der Waals surface area contributed by atoms with Gasteiger partial charge in [-0.2, -0.15) is 0 Å². The molecule has 6 heteroatoms. The summed E-state index contributed by atoms with van der Waals surface area (Å²) in [5.74, 6) is 0.807. The number of nitrogens with one attached hydrogen (secondary N) is 1. The predicted octanol–water partition coefficient (Wildman–Crippen LogP) is 2.20. The second-order valence-corrected chi connectivity index (χ2v) is 6.60. The molecular formula is C15H31Cl2N3O. The molecule has 1 saturated heterocycles. The zero-order chi connectivity index (χ0) is 13.9. The topological polar surface area (TPSA) is 58.4 Å². The predicted molar refractivity (Wildman–Crippen MR) is 92.3 cm³/mol. The molecule has 1 amide bonds. The van der Waals surface area contributed by atoms with Crippen LogP contribution in [0.3, 0.4) is 0 Å². The highest BCUT2D eigenvalue weighted by molar-refractivity contribution is 5.85. The lowest BCUT2D eigenvalue weighted by molar-refractivity contribution is -0.128. The van der Waals surface area contributed by atoms with Crippen molar-refractivity contribution in [3.63, 3.8) is 0 Å². The Hall–Kier alpha value is -0.0300. The fraction of sp³-hybridized carbons (Fsp3) is 0.933. The minimum absolute atomic E-state index is 0. The van der Waals surface area contributed by atoms with Crippen molar-refractivity contribution >= 4 is 30.7 Å². The first-order valence-corrected chi connectivity index (χ1v) is 7.82. The molecule has 1 aliphatic heterocycles. The number of likely N-dealkylation sites (tertiary alicyclic amines) is 1. The molecule has 2 rings (SSSR count). The lowest BCUT2D eigenvalue weighted by Crippen LogP contribution is -2.53. The Morgan fingerprint density at radius 2 is 2.05 bits per heavy atom. The molecule has 2 fully saturated rings. The fourth-order valence-electron chi connectivity index (χ4n) is 3.52. The summed E-state index contributed by atoms with van der Waals surface area (Å²) in [4.78, 5) is 14.8. The zero-order valence-corrected chi connectivity index (χ0v) is 14.9. The summed E-state index contributed by atoms with van der Waals surface area (Å²) in [6, 6.07) is 0. The molecule has 1 aliphatic carbocycles. The lowest BCUT2D eigenvalue weighted by atomic mass is 9.74. The van der Waals surface area contributed by atoms with Crippen LogP contribution in [0.25, 0.3) is 0 Å². The van der Waals surface area contributed by atoms with E-state index in [4.69, 9.17) is 5.73 Å². The summed E-state index contributed by atoms with van der Waals surface area (Å²) >= 11 is 0. The third-order valence-electron chi connectivity index (χ3n) is 4.95. The van der Waals surface area contributed by atoms with Gasteiger partial charge in [-0.25, -0.2) is 0 Å². The van der Waals surface area contributed by atoms with E-state index in [0.29, 0.717) is 5.92 Å². The summed E-state index contributed by atoms with van der Waals surface area (Å²) in [5.41, 5.74) is 5.97. The Labute approximate surface area is 141 Å². The van der Waals surface area contributed by atoms with Gasteiger partial charge in [0.2, 0.25) is 5.91 Å². The van der Waals surface area contributed by atoms with Gasteiger partial charge >= 0.3 is 0 Å². The molecule has 0 aromatic rings. The molecule has 4 nitrogen and oxygen atoms in total. The molecule has 3 N–H and O–H groups in total. The third-order valence-corrected chi connectivity index (χ3v) is 4.95. The average molecular weight is 340 g/mol. The van der Waals surface area contributed by atoms with Crippen molar-refractivity contribution in [2.24, 2.45) is 17.6 Å². The van der Waals surface area contributed by atoms with Crippen molar-refractivity contribution in [1.29, 1.82) is 0 Å². The Balaban J connectivity index is 0.00000200. The fourth-order valence-corrected chi connectivity index (χ4v) is 3.52. The van der Waals surface area contributed by atoms with Crippen LogP contribution < -0.4 is 11.1 Å². The molecule has 126 valence electrons. The highest BCUT2D eigenvalue weighted by Crippen LogP contribution is 2.31. The Bertz CT molecular complexity index is 326. The van der Waals surface area contributed by atoms with Gasteiger partial charge in [0, 0.05) is 18.6 Å². The summed E-state index contributed by atoms with van der Waals surface area (Å²) in [7, 11) is 0. The number of carbonyl (C=O) groups is 1. The maximum Gasteiger partial charge on any atom is 0.224 e. The molecule has 0 aromatic heterocycles. The van der Waals surface area contributed by atoms with Gasteiger partial charge in [-0.3, -0.25) is 4.79 Å². The molecule has 0 bridgehead atoms. The van der Waals surface area contributed by atoms with E-state index in [0.717, 1.165) is 45.3 Å². The lowest BCUT2D eigenvalue weighted by Gasteiger charge is -2.37. The van der Waals surface area contributed by atoms with Crippen molar-refractivity contribution in [2.45, 2.75) is 51.5 Å². The van der Waals surface area contributed by atoms with Crippen LogP contribution in [0.5, 0.6) is 0 Å². The molecule has 3 unspecified atom stereocenters. The van der Waals surface area contributed by atoms with Crippen molar-refractivity contribution in [3.8, 4) is 0 Å². The van der Waals surface area contributed by atoms with E-state index in [-0.39, 0.29) is 42.2 Å². The SMILES string of the molecule is CCN1CCC(CNC(=O)C2CCCCC2(C)N)C1.Cl.Cl. The number of nitrogens with zero attached hydrogens (tertiary/aromatic N) is 1. The van der Waals surface area contributed by atoms with Crippen molar-refractivity contribution in [1.82, 2.24) is 10.2 Å². The van der Waals surface area contributed by atoms with E-state index in [1.165, 1.54) is 13.0 Å². The van der Waals surface area contributed by atoms with Crippen LogP contribution in [0.15, 0.2) is 0 Å². The minimum Gasteiger partial charge on any atom is -0.355 e. The molecular weight excluding hydrogens is 309 g/mol. The van der Waals surface area contributed by atoms with Crippen molar-refractivity contribution in [3.05, 3.63) is 0 Å². The first-order chi connectivity index (χ1) is 9.03. The largest absolute Gasteiger partial charge is 0.355 e. The summed E-state index contributed by atoms with van der Waals surface area (Å²) in [6.07, 6.45) is 5.42. The van der Waals surface area contributed by atoms with Gasteiger partial charge in [-0.15, -0.1) is 24.8 Å². The first kappa shape index (κ1) is 21.0. The number of amides is 1. The molecule has 0 aromatic carbocycles. The normalized spacial score (nSPS) is 32.9. The second kappa shape index (κ2) is 9.19. The van der Waals surface area contributed by atoms with Crippen LogP contribution in [0.2, 0.25) is 0 Å². The van der Waals surface area contributed by atoms with Crippen LogP contribution in [-0.2, 0) is 4.79 Å². The molecule has 1 heterocycles. The number of halogens is 2. The van der Waals surface area contributed by atoms with Gasteiger partial charge in [-0.05, 0) is 45.2 Å². The highest BCUT2D eigenvalue weighted by atomic mass is 35.5. The van der Waals surface area contributed by atoms with Gasteiger partial charge in [0.05, 0.1) is 5.92 Å². The zero-order valence-electron chi connectivity index (χ0n) is 13.3. The van der Waals surface area contributed by atoms with Gasteiger partial charge in [0.25, 0.3) is 0 Å². The monoisotopic (exact) mass is 339 g/mol. The average Bonchev–Trinajstić information content (AvgIpc) is 2.83. The van der Waals surface area contributed by atoms with Gasteiger partial charge < -0.3 is 16.0 Å². The number of nitrogens with two attached hydrogens (primary N) is 1. The minimum atomic E-state index is -0.312.